The molecule has 1 aromatic carbocycles. The van der Waals surface area contributed by atoms with Crippen LogP contribution in [0.5, 0.6) is 0 Å². The van der Waals surface area contributed by atoms with Crippen LogP contribution in [-0.2, 0) is 22.4 Å². The minimum Gasteiger partial charge on any atom is -0.449 e. The van der Waals surface area contributed by atoms with Crippen LogP contribution in [-0.4, -0.2) is 38.4 Å². The first-order valence-electron chi connectivity index (χ1n) is 12.0. The number of benzene rings is 1. The topological polar surface area (TPSA) is 111 Å². The highest BCUT2D eigenvalue weighted by Gasteiger charge is 2.31. The van der Waals surface area contributed by atoms with Gasteiger partial charge in [0.2, 0.25) is 5.91 Å². The molecule has 2 aliphatic rings. The van der Waals surface area contributed by atoms with Gasteiger partial charge in [-0.1, -0.05) is 11.3 Å². The van der Waals surface area contributed by atoms with Gasteiger partial charge in [-0.3, -0.25) is 15.1 Å². The van der Waals surface area contributed by atoms with Crippen LogP contribution in [0.25, 0.3) is 27.5 Å². The number of fused-ring (bicyclic) bond motifs is 3. The quantitative estimate of drug-likeness (QED) is 0.362. The molecule has 2 amide bonds. The molecular formula is C26H23FN6O3S. The summed E-state index contributed by atoms with van der Waals surface area (Å²) in [5.41, 5.74) is 4.59. The Hall–Kier alpha value is -4.12. The summed E-state index contributed by atoms with van der Waals surface area (Å²) in [7, 11) is 0. The number of hydrogen-bond donors (Lipinski definition) is 2. The number of anilines is 2. The van der Waals surface area contributed by atoms with Crippen LogP contribution in [0, 0.1) is 11.7 Å². The first-order chi connectivity index (χ1) is 18.0. The van der Waals surface area contributed by atoms with Gasteiger partial charge in [-0.2, -0.15) is 5.10 Å². The SMILES string of the molecule is CC(=O)Nc1nc2c(s1)-c1c(c(-c3cccnc3)nn1-c1ccc(NC(=O)OCC3CC3)cc1F)CC2. The Morgan fingerprint density at radius 1 is 1.22 bits per heavy atom. The molecule has 11 heteroatoms. The largest absolute Gasteiger partial charge is 0.449 e. The minimum atomic E-state index is -0.603. The maximum atomic E-state index is 15.5. The van der Waals surface area contributed by atoms with Crippen molar-refractivity contribution in [2.45, 2.75) is 32.6 Å². The normalized spacial score (nSPS) is 14.0. The van der Waals surface area contributed by atoms with Gasteiger partial charge in [0.05, 0.1) is 28.6 Å². The van der Waals surface area contributed by atoms with Crippen LogP contribution < -0.4 is 10.6 Å². The van der Waals surface area contributed by atoms with E-state index >= 15 is 4.39 Å². The zero-order valence-electron chi connectivity index (χ0n) is 20.0. The molecule has 0 spiro atoms. The van der Waals surface area contributed by atoms with Gasteiger partial charge in [0.25, 0.3) is 0 Å². The molecule has 0 saturated heterocycles. The van der Waals surface area contributed by atoms with E-state index in [-0.39, 0.29) is 11.6 Å². The summed E-state index contributed by atoms with van der Waals surface area (Å²) in [5.74, 6) is -0.324. The number of aryl methyl sites for hydroxylation is 1. The number of nitrogens with one attached hydrogen (secondary N) is 2. The lowest BCUT2D eigenvalue weighted by atomic mass is 9.95. The zero-order chi connectivity index (χ0) is 25.5. The average molecular weight is 519 g/mol. The molecule has 6 rings (SSSR count). The lowest BCUT2D eigenvalue weighted by Gasteiger charge is -2.15. The fourth-order valence-corrected chi connectivity index (χ4v) is 5.49. The summed E-state index contributed by atoms with van der Waals surface area (Å²) >= 11 is 1.34. The van der Waals surface area contributed by atoms with Gasteiger partial charge in [-0.05, 0) is 61.9 Å². The number of aromatic nitrogens is 4. The van der Waals surface area contributed by atoms with E-state index in [1.54, 1.807) is 29.2 Å². The van der Waals surface area contributed by atoms with Crippen molar-refractivity contribution in [3.8, 4) is 27.5 Å². The molecule has 188 valence electrons. The monoisotopic (exact) mass is 518 g/mol. The van der Waals surface area contributed by atoms with Gasteiger partial charge in [0, 0.05) is 36.1 Å². The first-order valence-corrected chi connectivity index (χ1v) is 12.8. The van der Waals surface area contributed by atoms with Gasteiger partial charge < -0.3 is 10.1 Å². The second kappa shape index (κ2) is 9.40. The van der Waals surface area contributed by atoms with Crippen molar-refractivity contribution in [2.24, 2.45) is 5.92 Å². The average Bonchev–Trinajstić information content (AvgIpc) is 3.50. The molecule has 2 N–H and O–H groups in total. The molecule has 0 atom stereocenters. The number of carbonyl (C=O) groups is 2. The number of hydrogen-bond acceptors (Lipinski definition) is 7. The highest BCUT2D eigenvalue weighted by atomic mass is 32.1. The number of ether oxygens (including phenoxy) is 1. The standard InChI is InChI=1S/C26H23FN6O3S/c1-14(34)29-25-31-20-8-7-18-22(16-3-2-10-28-12-16)32-33(23(18)24(20)37-25)21-9-6-17(11-19(21)27)30-26(35)36-13-15-4-5-15/h2-3,6,9-12,15H,4-5,7-8,13H2,1H3,(H,30,35)(H,29,31,34). The molecule has 0 radical (unpaired) electrons. The predicted molar refractivity (Wildman–Crippen MR) is 137 cm³/mol. The summed E-state index contributed by atoms with van der Waals surface area (Å²) < 4.78 is 22.3. The van der Waals surface area contributed by atoms with Gasteiger partial charge in [-0.15, -0.1) is 0 Å². The smallest absolute Gasteiger partial charge is 0.411 e. The van der Waals surface area contributed by atoms with E-state index in [9.17, 15) is 9.59 Å². The number of pyridine rings is 1. The number of thiazole rings is 1. The Balaban J connectivity index is 1.40. The minimum absolute atomic E-state index is 0.208. The van der Waals surface area contributed by atoms with E-state index in [1.165, 1.54) is 24.3 Å². The lowest BCUT2D eigenvalue weighted by Crippen LogP contribution is -2.15. The summed E-state index contributed by atoms with van der Waals surface area (Å²) in [6.45, 7) is 1.81. The first kappa shape index (κ1) is 23.3. The van der Waals surface area contributed by atoms with Crippen LogP contribution in [0.15, 0.2) is 42.7 Å². The van der Waals surface area contributed by atoms with Crippen molar-refractivity contribution in [2.75, 3.05) is 17.2 Å². The van der Waals surface area contributed by atoms with E-state index < -0.39 is 11.9 Å². The summed E-state index contributed by atoms with van der Waals surface area (Å²) in [5, 5.41) is 10.7. The maximum Gasteiger partial charge on any atom is 0.411 e. The van der Waals surface area contributed by atoms with Crippen molar-refractivity contribution in [3.05, 3.63) is 59.8 Å². The zero-order valence-corrected chi connectivity index (χ0v) is 20.8. The predicted octanol–water partition coefficient (Wildman–Crippen LogP) is 5.21. The molecule has 1 saturated carbocycles. The summed E-state index contributed by atoms with van der Waals surface area (Å²) in [4.78, 5) is 33.3. The van der Waals surface area contributed by atoms with Crippen LogP contribution in [0.2, 0.25) is 0 Å². The van der Waals surface area contributed by atoms with Gasteiger partial charge in [0.1, 0.15) is 5.69 Å². The molecule has 37 heavy (non-hydrogen) atoms. The van der Waals surface area contributed by atoms with Crippen LogP contribution >= 0.6 is 11.3 Å². The van der Waals surface area contributed by atoms with E-state index in [4.69, 9.17) is 9.84 Å². The highest BCUT2D eigenvalue weighted by Crippen LogP contribution is 2.44. The van der Waals surface area contributed by atoms with Gasteiger partial charge in [0.15, 0.2) is 10.9 Å². The molecule has 0 unspecified atom stereocenters. The molecule has 1 fully saturated rings. The molecule has 9 nitrogen and oxygen atoms in total. The second-order valence-corrected chi connectivity index (χ2v) is 10.1. The fourth-order valence-electron chi connectivity index (χ4n) is 4.37. The number of rotatable bonds is 6. The third-order valence-corrected chi connectivity index (χ3v) is 7.31. The van der Waals surface area contributed by atoms with E-state index in [0.29, 0.717) is 41.9 Å². The molecule has 4 aromatic rings. The van der Waals surface area contributed by atoms with Crippen LogP contribution in [0.4, 0.5) is 20.0 Å². The number of halogens is 1. The van der Waals surface area contributed by atoms with Crippen LogP contribution in [0.1, 0.15) is 31.0 Å². The van der Waals surface area contributed by atoms with Crippen LogP contribution in [0.3, 0.4) is 0 Å². The van der Waals surface area contributed by atoms with Gasteiger partial charge >= 0.3 is 6.09 Å². The molecule has 0 aliphatic heterocycles. The third kappa shape index (κ3) is 4.69. The summed E-state index contributed by atoms with van der Waals surface area (Å²) in [6, 6.07) is 8.20. The van der Waals surface area contributed by atoms with E-state index in [1.807, 2.05) is 12.1 Å². The molecule has 3 heterocycles. The molecular weight excluding hydrogens is 495 g/mol. The Morgan fingerprint density at radius 2 is 2.08 bits per heavy atom. The third-order valence-electron chi connectivity index (χ3n) is 6.29. The van der Waals surface area contributed by atoms with Gasteiger partial charge in [-0.25, -0.2) is 18.9 Å². The Kier molecular flexibility index (Phi) is 5.91. The maximum absolute atomic E-state index is 15.5. The number of carbonyl (C=O) groups excluding carboxylic acids is 2. The second-order valence-electron chi connectivity index (χ2n) is 9.14. The van der Waals surface area contributed by atoms with Crippen molar-refractivity contribution in [3.63, 3.8) is 0 Å². The Bertz CT molecular complexity index is 1510. The van der Waals surface area contributed by atoms with Crippen molar-refractivity contribution >= 4 is 34.2 Å². The van der Waals surface area contributed by atoms with Crippen molar-refractivity contribution < 1.29 is 18.7 Å². The molecule has 3 aromatic heterocycles. The Morgan fingerprint density at radius 3 is 2.81 bits per heavy atom. The summed E-state index contributed by atoms with van der Waals surface area (Å²) in [6.07, 6.45) is 6.28. The molecule has 2 aliphatic carbocycles. The molecule has 0 bridgehead atoms. The number of nitrogens with zero attached hydrogens (tertiary/aromatic N) is 4. The highest BCUT2D eigenvalue weighted by molar-refractivity contribution is 7.19. The fraction of sp³-hybridized carbons (Fsp3) is 0.269. The van der Waals surface area contributed by atoms with Crippen molar-refractivity contribution in [1.82, 2.24) is 19.7 Å². The lowest BCUT2D eigenvalue weighted by molar-refractivity contribution is -0.114. The Labute approximate surface area is 215 Å². The van der Waals surface area contributed by atoms with E-state index in [2.05, 4.69) is 20.6 Å². The van der Waals surface area contributed by atoms with Crippen molar-refractivity contribution in [1.29, 1.82) is 0 Å². The number of amides is 2. The van der Waals surface area contributed by atoms with E-state index in [0.717, 1.165) is 40.2 Å².